The topological polar surface area (TPSA) is 194 Å². The van der Waals surface area contributed by atoms with Crippen LogP contribution in [0.3, 0.4) is 0 Å². The second-order valence-corrected chi connectivity index (χ2v) is 10.9. The number of phenols is 1. The zero-order valence-electron chi connectivity index (χ0n) is 27.1. The maximum atomic E-state index is 12.3. The van der Waals surface area contributed by atoms with Crippen LogP contribution in [-0.2, 0) is 20.0 Å². The first-order valence-corrected chi connectivity index (χ1v) is 15.2. The summed E-state index contributed by atoms with van der Waals surface area (Å²) in [4.78, 5) is 32.8. The van der Waals surface area contributed by atoms with Crippen LogP contribution >= 0.6 is 0 Å². The smallest absolute Gasteiger partial charge is 0.336 e. The molecule has 3 aromatic carbocycles. The minimum atomic E-state index is -2.74. The molecule has 12 nitrogen and oxygen atoms in total. The molecule has 47 heavy (non-hydrogen) atoms. The van der Waals surface area contributed by atoms with E-state index in [1.54, 1.807) is 31.4 Å². The average molecular weight is 656 g/mol. The van der Waals surface area contributed by atoms with E-state index in [9.17, 15) is 24.6 Å². The Kier molecular flexibility index (Phi) is 14.7. The van der Waals surface area contributed by atoms with Crippen LogP contribution in [0.2, 0.25) is 0 Å². The number of methoxy groups -OCH3 is 1. The minimum Gasteiger partial charge on any atom is -0.508 e. The van der Waals surface area contributed by atoms with Gasteiger partial charge >= 0.3 is 17.9 Å². The molecule has 0 aliphatic carbocycles. The van der Waals surface area contributed by atoms with Crippen LogP contribution in [0.25, 0.3) is 0 Å². The number of aliphatic carboxylic acids is 3. The number of hydrogen-bond acceptors (Lipinski definition) is 9. The van der Waals surface area contributed by atoms with Crippen molar-refractivity contribution in [2.24, 2.45) is 0 Å². The molecule has 2 unspecified atom stereocenters. The third kappa shape index (κ3) is 10.7. The van der Waals surface area contributed by atoms with Gasteiger partial charge in [0.15, 0.2) is 5.60 Å². The van der Waals surface area contributed by atoms with E-state index in [0.717, 1.165) is 47.8 Å². The molecule has 0 aliphatic heterocycles. The highest BCUT2D eigenvalue weighted by Crippen LogP contribution is 2.45. The predicted molar refractivity (Wildman–Crippen MR) is 174 cm³/mol. The van der Waals surface area contributed by atoms with Crippen LogP contribution in [0, 0.1) is 0 Å². The lowest BCUT2D eigenvalue weighted by molar-refractivity contribution is -0.170. The van der Waals surface area contributed by atoms with Crippen molar-refractivity contribution < 1.29 is 54.5 Å². The summed E-state index contributed by atoms with van der Waals surface area (Å²) in [5.41, 5.74) is -1.52. The van der Waals surface area contributed by atoms with Crippen molar-refractivity contribution >= 4 is 17.9 Å². The predicted octanol–water partition coefficient (Wildman–Crippen LogP) is 4.30. The van der Waals surface area contributed by atoms with E-state index < -0.39 is 42.0 Å². The van der Waals surface area contributed by atoms with Crippen molar-refractivity contribution in [2.75, 3.05) is 33.4 Å². The summed E-state index contributed by atoms with van der Waals surface area (Å²) in [5.74, 6) is -3.51. The quantitative estimate of drug-likeness (QED) is 0.121. The number of likely N-dealkylation sites (N-methyl/N-ethyl adjacent to an activating group) is 1. The molecule has 0 heterocycles. The van der Waals surface area contributed by atoms with Crippen LogP contribution in [0.1, 0.15) is 62.6 Å². The van der Waals surface area contributed by atoms with Crippen LogP contribution in [0.5, 0.6) is 17.2 Å². The van der Waals surface area contributed by atoms with Crippen LogP contribution in [0.4, 0.5) is 0 Å². The zero-order chi connectivity index (χ0) is 35.2. The summed E-state index contributed by atoms with van der Waals surface area (Å²) in [6, 6.07) is 22.4. The number of carbonyl (C=O) groups is 3. The summed E-state index contributed by atoms with van der Waals surface area (Å²) in [5, 5.41) is 56.0. The van der Waals surface area contributed by atoms with Crippen molar-refractivity contribution in [2.45, 2.75) is 57.2 Å². The fourth-order valence-electron chi connectivity index (χ4n) is 5.24. The Labute approximate surface area is 274 Å². The molecule has 0 saturated carbocycles. The molecule has 0 radical (unpaired) electrons. The number of rotatable bonds is 17. The molecule has 3 rings (SSSR count). The number of ether oxygens (including phenoxy) is 2. The van der Waals surface area contributed by atoms with Gasteiger partial charge in [0.25, 0.3) is 0 Å². The molecule has 0 bridgehead atoms. The Morgan fingerprint density at radius 1 is 0.745 bits per heavy atom. The molecule has 0 saturated heterocycles. The second-order valence-electron chi connectivity index (χ2n) is 10.9. The van der Waals surface area contributed by atoms with Gasteiger partial charge in [-0.2, -0.15) is 0 Å². The maximum absolute atomic E-state index is 12.3. The molecule has 6 N–H and O–H groups in total. The Bertz CT molecular complexity index is 1410. The largest absolute Gasteiger partial charge is 0.508 e. The SMILES string of the molecule is CCC(c1ccc(OC)cc1)C(O)(c1ccc(O)cc1)c1ccc(OCCN(CC)CC)cc1.O=C(O)CC(O)(CC(=O)O)C(=O)O. The summed E-state index contributed by atoms with van der Waals surface area (Å²) in [6.07, 6.45) is -1.57. The molecule has 3 aromatic rings. The molecule has 0 aromatic heterocycles. The van der Waals surface area contributed by atoms with Gasteiger partial charge in [0.05, 0.1) is 20.0 Å². The van der Waals surface area contributed by atoms with Gasteiger partial charge in [-0.1, -0.05) is 57.2 Å². The van der Waals surface area contributed by atoms with Crippen molar-refractivity contribution in [1.29, 1.82) is 0 Å². The van der Waals surface area contributed by atoms with E-state index in [2.05, 4.69) is 25.7 Å². The van der Waals surface area contributed by atoms with E-state index in [0.29, 0.717) is 13.0 Å². The first-order chi connectivity index (χ1) is 22.2. The third-order valence-corrected chi connectivity index (χ3v) is 7.89. The Morgan fingerprint density at radius 2 is 1.21 bits per heavy atom. The van der Waals surface area contributed by atoms with Crippen LogP contribution in [-0.4, -0.2) is 92.4 Å². The normalized spacial score (nSPS) is 13.1. The fourth-order valence-corrected chi connectivity index (χ4v) is 5.24. The van der Waals surface area contributed by atoms with Crippen LogP contribution < -0.4 is 9.47 Å². The Hall–Kier alpha value is -4.65. The van der Waals surface area contributed by atoms with E-state index in [1.807, 2.05) is 48.5 Å². The van der Waals surface area contributed by atoms with E-state index in [4.69, 9.17) is 29.9 Å². The number of hydrogen-bond donors (Lipinski definition) is 6. The highest BCUT2D eigenvalue weighted by atomic mass is 16.5. The van der Waals surface area contributed by atoms with Gasteiger partial charge in [-0.25, -0.2) is 4.79 Å². The molecule has 0 fully saturated rings. The van der Waals surface area contributed by atoms with Crippen molar-refractivity contribution in [3.63, 3.8) is 0 Å². The Morgan fingerprint density at radius 3 is 1.62 bits per heavy atom. The number of carboxylic acid groups (broad SMARTS) is 3. The third-order valence-electron chi connectivity index (χ3n) is 7.89. The number of phenolic OH excluding ortho intramolecular Hbond substituents is 1. The summed E-state index contributed by atoms with van der Waals surface area (Å²) in [7, 11) is 1.64. The van der Waals surface area contributed by atoms with Gasteiger partial charge in [-0.15, -0.1) is 0 Å². The maximum Gasteiger partial charge on any atom is 0.336 e. The number of benzene rings is 3. The minimum absolute atomic E-state index is 0.167. The lowest BCUT2D eigenvalue weighted by Gasteiger charge is -2.37. The van der Waals surface area contributed by atoms with Crippen molar-refractivity contribution in [3.8, 4) is 17.2 Å². The highest BCUT2D eigenvalue weighted by Gasteiger charge is 2.41. The van der Waals surface area contributed by atoms with Gasteiger partial charge in [0.1, 0.15) is 29.5 Å². The lowest BCUT2D eigenvalue weighted by atomic mass is 9.72. The van der Waals surface area contributed by atoms with Crippen molar-refractivity contribution in [1.82, 2.24) is 4.90 Å². The molecule has 0 spiro atoms. The standard InChI is InChI=1S/C29H37NO4.C6H8O7/c1-5-28(22-8-16-26(33-4)17-9-22)29(32,23-10-14-25(31)15-11-23)24-12-18-27(19-13-24)34-21-20-30(6-2)7-3;7-3(8)1-6(13,5(11)12)2-4(9)10/h8-19,28,31-32H,5-7,20-21H2,1-4H3;13H,1-2H2,(H,7,8)(H,9,10)(H,11,12). The molecule has 2 atom stereocenters. The van der Waals surface area contributed by atoms with Gasteiger partial charge in [0, 0.05) is 12.5 Å². The van der Waals surface area contributed by atoms with E-state index in [1.165, 1.54) is 0 Å². The lowest BCUT2D eigenvalue weighted by Crippen LogP contribution is -2.42. The summed E-state index contributed by atoms with van der Waals surface area (Å²) in [6.45, 7) is 9.87. The van der Waals surface area contributed by atoms with E-state index >= 15 is 0 Å². The number of aromatic hydroxyl groups is 1. The number of carboxylic acids is 3. The van der Waals surface area contributed by atoms with E-state index in [-0.39, 0.29) is 11.7 Å². The monoisotopic (exact) mass is 655 g/mol. The summed E-state index contributed by atoms with van der Waals surface area (Å²) >= 11 is 0. The number of aliphatic hydroxyl groups is 2. The molecular weight excluding hydrogens is 610 g/mol. The Balaban J connectivity index is 0.000000500. The fraction of sp³-hybridized carbons (Fsp3) is 0.400. The number of nitrogens with zero attached hydrogens (tertiary/aromatic N) is 1. The molecular formula is C35H45NO11. The van der Waals surface area contributed by atoms with Crippen LogP contribution in [0.15, 0.2) is 72.8 Å². The molecule has 256 valence electrons. The molecule has 0 aliphatic rings. The zero-order valence-corrected chi connectivity index (χ0v) is 27.1. The van der Waals surface area contributed by atoms with Gasteiger partial charge < -0.3 is 45.0 Å². The van der Waals surface area contributed by atoms with Gasteiger partial charge in [-0.3, -0.25) is 9.59 Å². The highest BCUT2D eigenvalue weighted by molar-refractivity contribution is 5.88. The first-order valence-electron chi connectivity index (χ1n) is 15.2. The van der Waals surface area contributed by atoms with Crippen molar-refractivity contribution in [3.05, 3.63) is 89.5 Å². The van der Waals surface area contributed by atoms with Gasteiger partial charge in [0.2, 0.25) is 0 Å². The first kappa shape index (κ1) is 38.5. The average Bonchev–Trinajstić information content (AvgIpc) is 3.03. The molecule has 12 heteroatoms. The van der Waals surface area contributed by atoms with Gasteiger partial charge in [-0.05, 0) is 72.6 Å². The summed E-state index contributed by atoms with van der Waals surface area (Å²) < 4.78 is 11.3. The second kappa shape index (κ2) is 17.9. The molecule has 0 amide bonds.